The molecule has 0 saturated heterocycles. The van der Waals surface area contributed by atoms with Gasteiger partial charge in [0.2, 0.25) is 0 Å². The number of anilines is 2. The number of benzene rings is 3. The molecule has 0 saturated carbocycles. The van der Waals surface area contributed by atoms with Gasteiger partial charge in [-0.15, -0.1) is 0 Å². The minimum absolute atomic E-state index is 0.675. The van der Waals surface area contributed by atoms with E-state index in [1.54, 1.807) is 11.9 Å². The zero-order valence-corrected chi connectivity index (χ0v) is 17.0. The van der Waals surface area contributed by atoms with E-state index in [0.717, 1.165) is 40.0 Å². The van der Waals surface area contributed by atoms with Crippen molar-refractivity contribution in [2.45, 2.75) is 13.3 Å². The summed E-state index contributed by atoms with van der Waals surface area (Å²) in [5.74, 6) is 0. The summed E-state index contributed by atoms with van der Waals surface area (Å²) in [6.45, 7) is 2.15. The molecule has 0 aliphatic rings. The Morgan fingerprint density at radius 1 is 0.885 bits per heavy atom. The lowest BCUT2D eigenvalue weighted by Gasteiger charge is -2.18. The zero-order valence-electron chi connectivity index (χ0n) is 14.6. The Kier molecular flexibility index (Phi) is 6.02. The fourth-order valence-electron chi connectivity index (χ4n) is 3.17. The van der Waals surface area contributed by atoms with Crippen molar-refractivity contribution in [1.29, 1.82) is 0 Å². The molecule has 26 heavy (non-hydrogen) atoms. The van der Waals surface area contributed by atoms with Crippen molar-refractivity contribution >= 4 is 46.5 Å². The van der Waals surface area contributed by atoms with Crippen molar-refractivity contribution in [3.8, 4) is 22.3 Å². The van der Waals surface area contributed by atoms with Crippen LogP contribution in [-0.2, 0) is 6.42 Å². The Labute approximate surface area is 168 Å². The highest BCUT2D eigenvalue weighted by Gasteiger charge is 2.15. The van der Waals surface area contributed by atoms with E-state index in [2.05, 4.69) is 23.8 Å². The molecule has 0 heterocycles. The van der Waals surface area contributed by atoms with Gasteiger partial charge in [0.15, 0.2) is 0 Å². The molecule has 3 aromatic carbocycles. The van der Waals surface area contributed by atoms with Crippen molar-refractivity contribution in [2.24, 2.45) is 0 Å². The smallest absolute Gasteiger partial charge is 0.0520 e. The molecule has 0 bridgehead atoms. The van der Waals surface area contributed by atoms with Crippen molar-refractivity contribution in [1.82, 2.24) is 0 Å². The molecular formula is C21H20Cl2N2S. The van der Waals surface area contributed by atoms with E-state index in [1.165, 1.54) is 5.56 Å². The SMILES string of the molecule is CCc1c(-c2cc(Cl)ccc2N)cccc1-c1cc(Cl)ccc1NSC. The summed E-state index contributed by atoms with van der Waals surface area (Å²) in [6, 6.07) is 17.8. The number of nitrogens with two attached hydrogens (primary N) is 1. The maximum Gasteiger partial charge on any atom is 0.0520 e. The molecule has 2 nitrogen and oxygen atoms in total. The average molecular weight is 403 g/mol. The highest BCUT2D eigenvalue weighted by molar-refractivity contribution is 7.99. The van der Waals surface area contributed by atoms with Gasteiger partial charge in [0.25, 0.3) is 0 Å². The van der Waals surface area contributed by atoms with E-state index in [-0.39, 0.29) is 0 Å². The number of halogens is 2. The summed E-state index contributed by atoms with van der Waals surface area (Å²) in [6.07, 6.45) is 2.87. The van der Waals surface area contributed by atoms with Crippen LogP contribution in [0.15, 0.2) is 54.6 Å². The molecule has 3 aromatic rings. The summed E-state index contributed by atoms with van der Waals surface area (Å²) in [5.41, 5.74) is 13.5. The van der Waals surface area contributed by atoms with E-state index in [1.807, 2.05) is 48.7 Å². The van der Waals surface area contributed by atoms with Gasteiger partial charge in [-0.05, 0) is 59.5 Å². The molecule has 0 radical (unpaired) electrons. The number of nitrogens with one attached hydrogen (secondary N) is 1. The van der Waals surface area contributed by atoms with Gasteiger partial charge in [0.1, 0.15) is 0 Å². The Hall–Kier alpha value is -1.81. The lowest BCUT2D eigenvalue weighted by molar-refractivity contribution is 1.14. The summed E-state index contributed by atoms with van der Waals surface area (Å²) >= 11 is 14.1. The van der Waals surface area contributed by atoms with Crippen molar-refractivity contribution in [3.05, 3.63) is 70.2 Å². The minimum atomic E-state index is 0.675. The highest BCUT2D eigenvalue weighted by atomic mass is 35.5. The topological polar surface area (TPSA) is 38.0 Å². The average Bonchev–Trinajstić information content (AvgIpc) is 2.64. The summed E-state index contributed by atoms with van der Waals surface area (Å²) in [7, 11) is 0. The van der Waals surface area contributed by atoms with Gasteiger partial charge in [-0.2, -0.15) is 0 Å². The largest absolute Gasteiger partial charge is 0.398 e. The zero-order chi connectivity index (χ0) is 18.7. The van der Waals surface area contributed by atoms with Crippen LogP contribution < -0.4 is 10.5 Å². The second-order valence-electron chi connectivity index (χ2n) is 5.91. The van der Waals surface area contributed by atoms with Gasteiger partial charge in [-0.1, -0.05) is 60.3 Å². The maximum atomic E-state index is 6.29. The van der Waals surface area contributed by atoms with Crippen LogP contribution in [0.3, 0.4) is 0 Å². The summed E-state index contributed by atoms with van der Waals surface area (Å²) < 4.78 is 3.35. The normalized spacial score (nSPS) is 10.8. The van der Waals surface area contributed by atoms with Gasteiger partial charge in [-0.25, -0.2) is 0 Å². The second-order valence-corrected chi connectivity index (χ2v) is 7.40. The molecule has 0 unspecified atom stereocenters. The predicted molar refractivity (Wildman–Crippen MR) is 118 cm³/mol. The molecule has 134 valence electrons. The fourth-order valence-corrected chi connectivity index (χ4v) is 3.91. The van der Waals surface area contributed by atoms with Crippen LogP contribution >= 0.6 is 35.1 Å². The Balaban J connectivity index is 2.26. The van der Waals surface area contributed by atoms with Crippen LogP contribution in [0.5, 0.6) is 0 Å². The van der Waals surface area contributed by atoms with E-state index < -0.39 is 0 Å². The molecule has 0 spiro atoms. The number of nitrogen functional groups attached to an aromatic ring is 1. The number of hydrogen-bond donors (Lipinski definition) is 2. The first-order valence-corrected chi connectivity index (χ1v) is 10.3. The lowest BCUT2D eigenvalue weighted by Crippen LogP contribution is -1.98. The summed E-state index contributed by atoms with van der Waals surface area (Å²) in [4.78, 5) is 0. The molecule has 0 aliphatic carbocycles. The van der Waals surface area contributed by atoms with Crippen molar-refractivity contribution < 1.29 is 0 Å². The third kappa shape index (κ3) is 3.80. The number of rotatable bonds is 5. The lowest BCUT2D eigenvalue weighted by atomic mass is 9.89. The van der Waals surface area contributed by atoms with Crippen molar-refractivity contribution in [2.75, 3.05) is 16.7 Å². The summed E-state index contributed by atoms with van der Waals surface area (Å²) in [5, 5.41) is 1.38. The first-order valence-electron chi connectivity index (χ1n) is 8.31. The molecule has 0 fully saturated rings. The Morgan fingerprint density at radius 2 is 1.50 bits per heavy atom. The van der Waals surface area contributed by atoms with Crippen molar-refractivity contribution in [3.63, 3.8) is 0 Å². The highest BCUT2D eigenvalue weighted by Crippen LogP contribution is 2.40. The quantitative estimate of drug-likeness (QED) is 0.351. The molecule has 0 aromatic heterocycles. The Morgan fingerprint density at radius 3 is 2.15 bits per heavy atom. The van der Waals surface area contributed by atoms with Crippen LogP contribution in [0.2, 0.25) is 10.0 Å². The van der Waals surface area contributed by atoms with E-state index in [0.29, 0.717) is 10.0 Å². The minimum Gasteiger partial charge on any atom is -0.398 e. The third-order valence-electron chi connectivity index (χ3n) is 4.32. The monoisotopic (exact) mass is 402 g/mol. The van der Waals surface area contributed by atoms with Crippen LogP contribution in [-0.4, -0.2) is 6.26 Å². The third-order valence-corrected chi connectivity index (χ3v) is 5.21. The molecular weight excluding hydrogens is 383 g/mol. The fraction of sp³-hybridized carbons (Fsp3) is 0.143. The molecule has 0 aliphatic heterocycles. The van der Waals surface area contributed by atoms with Crippen LogP contribution in [0.25, 0.3) is 22.3 Å². The standard InChI is InChI=1S/C21H20Cl2N2S/c1-3-15-16(18-11-13(22)7-9-20(18)24)5-4-6-17(15)19-12-14(23)8-10-21(19)25-26-2/h4-12,25H,3,24H2,1-2H3. The number of hydrogen-bond acceptors (Lipinski definition) is 3. The molecule has 5 heteroatoms. The van der Waals surface area contributed by atoms with Gasteiger partial charge in [-0.3, -0.25) is 0 Å². The molecule has 0 atom stereocenters. The van der Waals surface area contributed by atoms with Crippen LogP contribution in [0.4, 0.5) is 11.4 Å². The maximum absolute atomic E-state index is 6.29. The predicted octanol–water partition coefficient (Wildman–Crippen LogP) is 7.16. The van der Waals surface area contributed by atoms with Crippen LogP contribution in [0, 0.1) is 0 Å². The van der Waals surface area contributed by atoms with Gasteiger partial charge in [0.05, 0.1) is 5.69 Å². The molecule has 0 amide bonds. The van der Waals surface area contributed by atoms with Gasteiger partial charge >= 0.3 is 0 Å². The van der Waals surface area contributed by atoms with E-state index in [9.17, 15) is 0 Å². The molecule has 3 rings (SSSR count). The van der Waals surface area contributed by atoms with E-state index >= 15 is 0 Å². The van der Waals surface area contributed by atoms with Crippen LogP contribution in [0.1, 0.15) is 12.5 Å². The van der Waals surface area contributed by atoms with E-state index in [4.69, 9.17) is 28.9 Å². The second kappa shape index (κ2) is 8.26. The van der Waals surface area contributed by atoms with Gasteiger partial charge < -0.3 is 10.5 Å². The van der Waals surface area contributed by atoms with Gasteiger partial charge in [0, 0.05) is 33.1 Å². The Bertz CT molecular complexity index is 941. The first kappa shape index (κ1) is 19.0. The first-order chi connectivity index (χ1) is 12.5. The molecule has 3 N–H and O–H groups in total.